The molecular formula is C15H18O3. The van der Waals surface area contributed by atoms with Gasteiger partial charge >= 0.3 is 0 Å². The van der Waals surface area contributed by atoms with Crippen LogP contribution >= 0.6 is 0 Å². The number of hydrogen-bond acceptors (Lipinski definition) is 3. The Kier molecular flexibility index (Phi) is 2.67. The Morgan fingerprint density at radius 3 is 2.72 bits per heavy atom. The fourth-order valence-electron chi connectivity index (χ4n) is 3.44. The molecule has 1 saturated carbocycles. The number of benzene rings is 1. The molecule has 0 heterocycles. The van der Waals surface area contributed by atoms with E-state index >= 15 is 0 Å². The maximum absolute atomic E-state index is 12.6. The molecule has 1 aromatic rings. The van der Waals surface area contributed by atoms with Gasteiger partial charge in [-0.25, -0.2) is 0 Å². The van der Waals surface area contributed by atoms with Crippen molar-refractivity contribution in [2.45, 2.75) is 38.2 Å². The summed E-state index contributed by atoms with van der Waals surface area (Å²) in [6, 6.07) is 5.18. The van der Waals surface area contributed by atoms with Crippen LogP contribution in [0.25, 0.3) is 0 Å². The Bertz CT molecular complexity index is 485. The van der Waals surface area contributed by atoms with Crippen LogP contribution in [0.4, 0.5) is 0 Å². The lowest BCUT2D eigenvalue weighted by Crippen LogP contribution is -2.35. The van der Waals surface area contributed by atoms with Crippen molar-refractivity contribution >= 4 is 5.78 Å². The van der Waals surface area contributed by atoms with E-state index in [0.717, 1.165) is 43.2 Å². The van der Waals surface area contributed by atoms with Gasteiger partial charge in [0.2, 0.25) is 0 Å². The highest BCUT2D eigenvalue weighted by Gasteiger charge is 2.47. The number of phenols is 1. The van der Waals surface area contributed by atoms with Crippen LogP contribution in [0.5, 0.6) is 5.75 Å². The van der Waals surface area contributed by atoms with Gasteiger partial charge in [-0.05, 0) is 49.8 Å². The van der Waals surface area contributed by atoms with Gasteiger partial charge in [-0.3, -0.25) is 4.79 Å². The lowest BCUT2D eigenvalue weighted by molar-refractivity contribution is 0.0285. The summed E-state index contributed by atoms with van der Waals surface area (Å²) in [7, 11) is 1.74. The van der Waals surface area contributed by atoms with Crippen molar-refractivity contribution in [2.24, 2.45) is 5.41 Å². The van der Waals surface area contributed by atoms with Gasteiger partial charge in [0.25, 0.3) is 0 Å². The summed E-state index contributed by atoms with van der Waals surface area (Å²) in [5.74, 6) is 0.410. The lowest BCUT2D eigenvalue weighted by Gasteiger charge is -2.35. The summed E-state index contributed by atoms with van der Waals surface area (Å²) in [5, 5.41) is 9.51. The second kappa shape index (κ2) is 4.09. The van der Waals surface area contributed by atoms with E-state index in [4.69, 9.17) is 4.74 Å². The van der Waals surface area contributed by atoms with Crippen molar-refractivity contribution < 1.29 is 14.6 Å². The van der Waals surface area contributed by atoms with Crippen LogP contribution in [0.2, 0.25) is 0 Å². The second-order valence-electron chi connectivity index (χ2n) is 5.56. The van der Waals surface area contributed by atoms with E-state index in [-0.39, 0.29) is 16.9 Å². The van der Waals surface area contributed by atoms with E-state index in [1.807, 2.05) is 6.07 Å². The first-order valence-electron chi connectivity index (χ1n) is 6.54. The van der Waals surface area contributed by atoms with Crippen LogP contribution < -0.4 is 0 Å². The fraction of sp³-hybridized carbons (Fsp3) is 0.533. The average molecular weight is 246 g/mol. The Balaban J connectivity index is 1.88. The number of fused-ring (bicyclic) bond motifs is 1. The van der Waals surface area contributed by atoms with Crippen molar-refractivity contribution in [1.29, 1.82) is 0 Å². The third kappa shape index (κ3) is 1.65. The highest BCUT2D eigenvalue weighted by atomic mass is 16.5. The quantitative estimate of drug-likeness (QED) is 0.828. The molecule has 0 unspecified atom stereocenters. The molecule has 0 saturated heterocycles. The van der Waals surface area contributed by atoms with Crippen LogP contribution in [0, 0.1) is 5.41 Å². The van der Waals surface area contributed by atoms with E-state index in [1.54, 1.807) is 19.2 Å². The minimum absolute atomic E-state index is 0.185. The molecule has 3 rings (SSSR count). The molecule has 0 aromatic heterocycles. The van der Waals surface area contributed by atoms with Crippen LogP contribution in [-0.2, 0) is 11.2 Å². The van der Waals surface area contributed by atoms with Gasteiger partial charge in [0.05, 0.1) is 6.10 Å². The normalized spacial score (nSPS) is 30.7. The maximum atomic E-state index is 12.6. The molecular weight excluding hydrogens is 228 g/mol. The lowest BCUT2D eigenvalue weighted by atomic mass is 9.70. The predicted molar refractivity (Wildman–Crippen MR) is 67.8 cm³/mol. The van der Waals surface area contributed by atoms with Crippen molar-refractivity contribution in [3.8, 4) is 5.75 Å². The van der Waals surface area contributed by atoms with Crippen LogP contribution in [0.1, 0.15) is 41.6 Å². The summed E-state index contributed by atoms with van der Waals surface area (Å²) < 4.78 is 5.37. The molecule has 1 N–H and O–H groups in total. The molecule has 2 aliphatic rings. The summed E-state index contributed by atoms with van der Waals surface area (Å²) >= 11 is 0. The van der Waals surface area contributed by atoms with Crippen molar-refractivity contribution in [1.82, 2.24) is 0 Å². The molecule has 0 bridgehead atoms. The van der Waals surface area contributed by atoms with Gasteiger partial charge in [-0.1, -0.05) is 6.07 Å². The number of carbonyl (C=O) groups is 1. The summed E-state index contributed by atoms with van der Waals surface area (Å²) in [4.78, 5) is 12.6. The minimum Gasteiger partial charge on any atom is -0.508 e. The third-order valence-electron chi connectivity index (χ3n) is 4.57. The molecule has 1 spiro atoms. The number of methoxy groups -OCH3 is 1. The molecule has 0 amide bonds. The van der Waals surface area contributed by atoms with Gasteiger partial charge in [-0.15, -0.1) is 0 Å². The van der Waals surface area contributed by atoms with Gasteiger partial charge in [0.1, 0.15) is 5.75 Å². The number of ketones is 1. The number of ether oxygens (including phenoxy) is 1. The predicted octanol–water partition coefficient (Wildman–Crippen LogP) is 2.71. The summed E-state index contributed by atoms with van der Waals surface area (Å²) in [5.41, 5.74) is 1.60. The number of phenolic OH excluding ortho intramolecular Hbond substituents is 1. The molecule has 1 aromatic carbocycles. The van der Waals surface area contributed by atoms with E-state index in [2.05, 4.69) is 0 Å². The zero-order valence-corrected chi connectivity index (χ0v) is 10.6. The number of hydrogen-bond donors (Lipinski definition) is 1. The first-order valence-corrected chi connectivity index (χ1v) is 6.54. The molecule has 3 heteroatoms. The van der Waals surface area contributed by atoms with Crippen LogP contribution in [-0.4, -0.2) is 24.1 Å². The molecule has 3 nitrogen and oxygen atoms in total. The van der Waals surface area contributed by atoms with Crippen molar-refractivity contribution in [3.05, 3.63) is 29.3 Å². The fourth-order valence-corrected chi connectivity index (χ4v) is 3.44. The van der Waals surface area contributed by atoms with Gasteiger partial charge in [-0.2, -0.15) is 0 Å². The minimum atomic E-state index is -0.217. The van der Waals surface area contributed by atoms with E-state index in [9.17, 15) is 9.90 Å². The van der Waals surface area contributed by atoms with Gasteiger partial charge < -0.3 is 9.84 Å². The van der Waals surface area contributed by atoms with Gasteiger partial charge in [0.15, 0.2) is 5.78 Å². The summed E-state index contributed by atoms with van der Waals surface area (Å²) in [6.07, 6.45) is 4.86. The highest BCUT2D eigenvalue weighted by Crippen LogP contribution is 2.48. The largest absolute Gasteiger partial charge is 0.508 e. The van der Waals surface area contributed by atoms with Crippen molar-refractivity contribution in [2.75, 3.05) is 7.11 Å². The number of carbonyl (C=O) groups excluding carboxylic acids is 1. The van der Waals surface area contributed by atoms with Crippen LogP contribution in [0.3, 0.4) is 0 Å². The maximum Gasteiger partial charge on any atom is 0.169 e. The molecule has 18 heavy (non-hydrogen) atoms. The van der Waals surface area contributed by atoms with Crippen LogP contribution in [0.15, 0.2) is 18.2 Å². The average Bonchev–Trinajstić information content (AvgIpc) is 2.65. The zero-order valence-electron chi connectivity index (χ0n) is 10.6. The number of Topliss-reactive ketones (excluding diaryl/α,β-unsaturated/α-hetero) is 1. The van der Waals surface area contributed by atoms with Gasteiger partial charge in [0, 0.05) is 18.1 Å². The second-order valence-corrected chi connectivity index (χ2v) is 5.56. The standard InChI is InChI=1S/C15H18O3/c1-18-12-4-6-15(7-5-12)9-10-2-3-11(16)8-13(10)14(15)17/h2-3,8,12,16H,4-7,9H2,1H3. The highest BCUT2D eigenvalue weighted by molar-refractivity contribution is 6.05. The Labute approximate surface area is 107 Å². The molecule has 0 radical (unpaired) electrons. The van der Waals surface area contributed by atoms with E-state index in [0.29, 0.717) is 6.10 Å². The van der Waals surface area contributed by atoms with E-state index < -0.39 is 0 Å². The number of aromatic hydroxyl groups is 1. The molecule has 96 valence electrons. The molecule has 1 fully saturated rings. The Hall–Kier alpha value is -1.35. The van der Waals surface area contributed by atoms with E-state index in [1.165, 1.54) is 0 Å². The third-order valence-corrected chi connectivity index (χ3v) is 4.57. The first kappa shape index (κ1) is 11.7. The molecule has 0 aliphatic heterocycles. The Morgan fingerprint density at radius 2 is 2.06 bits per heavy atom. The SMILES string of the molecule is COC1CCC2(CC1)Cc1ccc(O)cc1C2=O. The zero-order chi connectivity index (χ0) is 12.8. The number of rotatable bonds is 1. The smallest absolute Gasteiger partial charge is 0.169 e. The monoisotopic (exact) mass is 246 g/mol. The first-order chi connectivity index (χ1) is 8.64. The topological polar surface area (TPSA) is 46.5 Å². The molecule has 2 aliphatic carbocycles. The Morgan fingerprint density at radius 1 is 1.33 bits per heavy atom. The molecule has 0 atom stereocenters. The van der Waals surface area contributed by atoms with Crippen molar-refractivity contribution in [3.63, 3.8) is 0 Å². The summed E-state index contributed by atoms with van der Waals surface area (Å²) in [6.45, 7) is 0.